The van der Waals surface area contributed by atoms with Gasteiger partial charge in [0, 0.05) is 36.8 Å². The summed E-state index contributed by atoms with van der Waals surface area (Å²) in [6.45, 7) is 1.96. The summed E-state index contributed by atoms with van der Waals surface area (Å²) < 4.78 is 7.15. The maximum atomic E-state index is 12.0. The summed E-state index contributed by atoms with van der Waals surface area (Å²) in [4.78, 5) is 12.0. The van der Waals surface area contributed by atoms with Gasteiger partial charge in [-0.3, -0.25) is 9.48 Å². The monoisotopic (exact) mass is 271 g/mol. The van der Waals surface area contributed by atoms with Gasteiger partial charge in [-0.15, -0.1) is 0 Å². The number of anilines is 1. The normalized spacial score (nSPS) is 17.6. The maximum Gasteiger partial charge on any atom is 0.225 e. The molecule has 1 N–H and O–H groups in total. The summed E-state index contributed by atoms with van der Waals surface area (Å²) in [5.74, 6) is 0.852. The van der Waals surface area contributed by atoms with E-state index in [1.165, 1.54) is 0 Å². The highest BCUT2D eigenvalue weighted by atomic mass is 16.5. The van der Waals surface area contributed by atoms with Crippen LogP contribution in [0.25, 0.3) is 0 Å². The molecule has 1 atom stereocenters. The number of nitrogens with zero attached hydrogens (tertiary/aromatic N) is 2. The number of aryl methyl sites for hydroxylation is 1. The molecule has 0 bridgehead atoms. The molecule has 0 radical (unpaired) electrons. The highest BCUT2D eigenvalue weighted by Crippen LogP contribution is 2.41. The van der Waals surface area contributed by atoms with E-state index in [4.69, 9.17) is 4.74 Å². The number of aromatic nitrogens is 2. The zero-order valence-electron chi connectivity index (χ0n) is 11.8. The van der Waals surface area contributed by atoms with Crippen molar-refractivity contribution in [2.75, 3.05) is 12.4 Å². The molecular weight excluding hydrogens is 254 g/mol. The highest BCUT2D eigenvalue weighted by Gasteiger charge is 2.30. The fourth-order valence-electron chi connectivity index (χ4n) is 2.87. The number of carbonyl (C=O) groups is 1. The quantitative estimate of drug-likeness (QED) is 0.911. The molecule has 1 aromatic carbocycles. The molecule has 104 valence electrons. The van der Waals surface area contributed by atoms with E-state index in [1.54, 1.807) is 13.3 Å². The van der Waals surface area contributed by atoms with E-state index < -0.39 is 0 Å². The van der Waals surface area contributed by atoms with E-state index in [2.05, 4.69) is 10.4 Å². The Balaban J connectivity index is 2.16. The fourth-order valence-corrected chi connectivity index (χ4v) is 2.87. The minimum Gasteiger partial charge on any atom is -0.496 e. The first-order valence-electron chi connectivity index (χ1n) is 6.57. The fraction of sp³-hybridized carbons (Fsp3) is 0.333. The smallest absolute Gasteiger partial charge is 0.225 e. The molecule has 2 aromatic rings. The van der Waals surface area contributed by atoms with Crippen LogP contribution in [0.1, 0.15) is 29.2 Å². The van der Waals surface area contributed by atoms with E-state index in [-0.39, 0.29) is 11.8 Å². The third-order valence-corrected chi connectivity index (χ3v) is 3.91. The number of nitrogens with one attached hydrogen (secondary N) is 1. The predicted molar refractivity (Wildman–Crippen MR) is 76.0 cm³/mol. The van der Waals surface area contributed by atoms with E-state index in [9.17, 15) is 4.79 Å². The lowest BCUT2D eigenvalue weighted by Crippen LogP contribution is -2.25. The largest absolute Gasteiger partial charge is 0.496 e. The van der Waals surface area contributed by atoms with Crippen LogP contribution in [0, 0.1) is 6.92 Å². The summed E-state index contributed by atoms with van der Waals surface area (Å²) in [6, 6.07) is 5.94. The lowest BCUT2D eigenvalue weighted by Gasteiger charge is -2.27. The molecule has 5 nitrogen and oxygen atoms in total. The average Bonchev–Trinajstić information content (AvgIpc) is 2.85. The summed E-state index contributed by atoms with van der Waals surface area (Å²) >= 11 is 0. The van der Waals surface area contributed by atoms with Gasteiger partial charge in [0.25, 0.3) is 0 Å². The molecule has 1 aliphatic heterocycles. The molecule has 0 saturated heterocycles. The first kappa shape index (κ1) is 12.7. The molecule has 3 rings (SSSR count). The standard InChI is InChI=1S/C15H17N3O2/c1-9-13(20-3)5-4-10-11(8-14(19)17-15(9)10)12-6-7-16-18(12)2/h4-7,11H,8H2,1-3H3,(H,17,19). The molecule has 0 saturated carbocycles. The molecular formula is C15H17N3O2. The van der Waals surface area contributed by atoms with Gasteiger partial charge in [0.15, 0.2) is 0 Å². The summed E-state index contributed by atoms with van der Waals surface area (Å²) in [5.41, 5.74) is 3.99. The molecule has 0 spiro atoms. The van der Waals surface area contributed by atoms with Crippen LogP contribution in [0.4, 0.5) is 5.69 Å². The van der Waals surface area contributed by atoms with E-state index in [0.29, 0.717) is 6.42 Å². The van der Waals surface area contributed by atoms with Crippen molar-refractivity contribution >= 4 is 11.6 Å². The number of rotatable bonds is 2. The second-order valence-corrected chi connectivity index (χ2v) is 5.04. The van der Waals surface area contributed by atoms with Crippen molar-refractivity contribution < 1.29 is 9.53 Å². The van der Waals surface area contributed by atoms with Gasteiger partial charge in [-0.2, -0.15) is 5.10 Å². The Bertz CT molecular complexity index is 676. The van der Waals surface area contributed by atoms with Crippen molar-refractivity contribution in [1.82, 2.24) is 9.78 Å². The van der Waals surface area contributed by atoms with Gasteiger partial charge in [-0.25, -0.2) is 0 Å². The first-order valence-corrected chi connectivity index (χ1v) is 6.57. The SMILES string of the molecule is COc1ccc2c(c1C)NC(=O)CC2c1ccnn1C. The lowest BCUT2D eigenvalue weighted by molar-refractivity contribution is -0.116. The van der Waals surface area contributed by atoms with Crippen molar-refractivity contribution in [1.29, 1.82) is 0 Å². The van der Waals surface area contributed by atoms with E-state index in [1.807, 2.05) is 36.9 Å². The molecule has 1 aromatic heterocycles. The maximum absolute atomic E-state index is 12.0. The lowest BCUT2D eigenvalue weighted by atomic mass is 9.86. The minimum atomic E-state index is 0.0278. The van der Waals surface area contributed by atoms with Crippen molar-refractivity contribution in [3.05, 3.63) is 41.2 Å². The van der Waals surface area contributed by atoms with Crippen molar-refractivity contribution in [3.8, 4) is 5.75 Å². The Hall–Kier alpha value is -2.30. The van der Waals surface area contributed by atoms with Gasteiger partial charge in [-0.05, 0) is 24.6 Å². The van der Waals surface area contributed by atoms with Crippen LogP contribution in [-0.2, 0) is 11.8 Å². The molecule has 1 aliphatic rings. The van der Waals surface area contributed by atoms with Gasteiger partial charge in [0.2, 0.25) is 5.91 Å². The summed E-state index contributed by atoms with van der Waals surface area (Å²) in [7, 11) is 3.54. The third kappa shape index (κ3) is 1.86. The Kier molecular flexibility index (Phi) is 2.97. The number of methoxy groups -OCH3 is 1. The van der Waals surface area contributed by atoms with E-state index in [0.717, 1.165) is 28.3 Å². The van der Waals surface area contributed by atoms with Crippen molar-refractivity contribution in [2.24, 2.45) is 7.05 Å². The number of hydrogen-bond donors (Lipinski definition) is 1. The molecule has 2 heterocycles. The molecule has 0 aliphatic carbocycles. The number of fused-ring (bicyclic) bond motifs is 1. The first-order chi connectivity index (χ1) is 9.61. The molecule has 1 unspecified atom stereocenters. The zero-order chi connectivity index (χ0) is 14.3. The second kappa shape index (κ2) is 4.67. The number of amides is 1. The van der Waals surface area contributed by atoms with Crippen LogP contribution in [0.5, 0.6) is 5.75 Å². The number of benzene rings is 1. The molecule has 0 fully saturated rings. The van der Waals surface area contributed by atoms with Crippen LogP contribution < -0.4 is 10.1 Å². The van der Waals surface area contributed by atoms with Crippen molar-refractivity contribution in [3.63, 3.8) is 0 Å². The van der Waals surface area contributed by atoms with Gasteiger partial charge >= 0.3 is 0 Å². The Morgan fingerprint density at radius 3 is 2.85 bits per heavy atom. The second-order valence-electron chi connectivity index (χ2n) is 5.04. The van der Waals surface area contributed by atoms with Gasteiger partial charge < -0.3 is 10.1 Å². The van der Waals surface area contributed by atoms with E-state index >= 15 is 0 Å². The molecule has 5 heteroatoms. The molecule has 20 heavy (non-hydrogen) atoms. The van der Waals surface area contributed by atoms with Crippen LogP contribution in [0.2, 0.25) is 0 Å². The molecule has 1 amide bonds. The predicted octanol–water partition coefficient (Wildman–Crippen LogP) is 2.21. The highest BCUT2D eigenvalue weighted by molar-refractivity contribution is 5.96. The van der Waals surface area contributed by atoms with Crippen molar-refractivity contribution in [2.45, 2.75) is 19.3 Å². The Morgan fingerprint density at radius 1 is 1.40 bits per heavy atom. The minimum absolute atomic E-state index is 0.0278. The summed E-state index contributed by atoms with van der Waals surface area (Å²) in [5, 5.41) is 7.17. The zero-order valence-corrected chi connectivity index (χ0v) is 11.8. The Morgan fingerprint density at radius 2 is 2.20 bits per heavy atom. The summed E-state index contributed by atoms with van der Waals surface area (Å²) in [6.07, 6.45) is 2.20. The van der Waals surface area contributed by atoms with Gasteiger partial charge in [-0.1, -0.05) is 6.07 Å². The number of ether oxygens (including phenoxy) is 1. The topological polar surface area (TPSA) is 56.1 Å². The average molecular weight is 271 g/mol. The third-order valence-electron chi connectivity index (χ3n) is 3.91. The van der Waals surface area contributed by atoms with Gasteiger partial charge in [0.05, 0.1) is 12.8 Å². The number of carbonyl (C=O) groups excluding carboxylic acids is 1. The number of hydrogen-bond acceptors (Lipinski definition) is 3. The van der Waals surface area contributed by atoms with Crippen LogP contribution in [0.3, 0.4) is 0 Å². The van der Waals surface area contributed by atoms with Gasteiger partial charge in [0.1, 0.15) is 5.75 Å². The van der Waals surface area contributed by atoms with Crippen LogP contribution in [0.15, 0.2) is 24.4 Å². The van der Waals surface area contributed by atoms with Crippen LogP contribution in [-0.4, -0.2) is 22.8 Å². The van der Waals surface area contributed by atoms with Crippen LogP contribution >= 0.6 is 0 Å². The Labute approximate surface area is 117 Å².